The standard InChI is InChI=1S/C20H25N3O5/c1-2-3-13-21-19(27)22-20(11-7-4-8-12-20)18(26)28-23-16(24)14-9-5-6-10-15(14)17(23)25/h5-6,9-10H,2-4,7-8,11-13H2,1H3,(H2,21,22,27). The smallest absolute Gasteiger partial charge is 0.338 e. The van der Waals surface area contributed by atoms with Gasteiger partial charge in [-0.15, -0.1) is 0 Å². The van der Waals surface area contributed by atoms with E-state index in [2.05, 4.69) is 10.6 Å². The van der Waals surface area contributed by atoms with Crippen molar-refractivity contribution in [1.82, 2.24) is 15.7 Å². The summed E-state index contributed by atoms with van der Waals surface area (Å²) in [6.45, 7) is 2.52. The van der Waals surface area contributed by atoms with Gasteiger partial charge in [-0.25, -0.2) is 9.59 Å². The summed E-state index contributed by atoms with van der Waals surface area (Å²) < 4.78 is 0. The lowest BCUT2D eigenvalue weighted by Crippen LogP contribution is -2.60. The van der Waals surface area contributed by atoms with E-state index in [0.717, 1.165) is 32.1 Å². The molecule has 8 heteroatoms. The zero-order chi connectivity index (χ0) is 20.1. The van der Waals surface area contributed by atoms with Crippen LogP contribution in [0, 0.1) is 0 Å². The highest BCUT2D eigenvalue weighted by molar-refractivity contribution is 6.21. The average Bonchev–Trinajstić information content (AvgIpc) is 2.94. The van der Waals surface area contributed by atoms with E-state index in [1.54, 1.807) is 12.1 Å². The number of benzene rings is 1. The van der Waals surface area contributed by atoms with Gasteiger partial charge < -0.3 is 15.5 Å². The van der Waals surface area contributed by atoms with Gasteiger partial charge in [0.2, 0.25) is 0 Å². The number of rotatable bonds is 6. The quantitative estimate of drug-likeness (QED) is 0.576. The molecule has 0 atom stereocenters. The topological polar surface area (TPSA) is 105 Å². The highest BCUT2D eigenvalue weighted by Crippen LogP contribution is 2.31. The van der Waals surface area contributed by atoms with Crippen LogP contribution < -0.4 is 10.6 Å². The Morgan fingerprint density at radius 2 is 1.68 bits per heavy atom. The van der Waals surface area contributed by atoms with E-state index in [1.807, 2.05) is 6.92 Å². The Kier molecular flexibility index (Phi) is 5.96. The summed E-state index contributed by atoms with van der Waals surface area (Å²) in [6, 6.07) is 5.85. The van der Waals surface area contributed by atoms with Crippen molar-refractivity contribution < 1.29 is 24.0 Å². The molecular weight excluding hydrogens is 362 g/mol. The lowest BCUT2D eigenvalue weighted by Gasteiger charge is -2.35. The number of urea groups is 1. The first-order valence-corrected chi connectivity index (χ1v) is 9.75. The number of unbranched alkanes of at least 4 members (excludes halogenated alkanes) is 1. The second-order valence-corrected chi connectivity index (χ2v) is 7.21. The summed E-state index contributed by atoms with van der Waals surface area (Å²) in [7, 11) is 0. The van der Waals surface area contributed by atoms with Gasteiger partial charge in [0.1, 0.15) is 5.54 Å². The third-order valence-electron chi connectivity index (χ3n) is 5.20. The Morgan fingerprint density at radius 1 is 1.07 bits per heavy atom. The fraction of sp³-hybridized carbons (Fsp3) is 0.500. The molecule has 4 amide bonds. The first kappa shape index (κ1) is 19.9. The van der Waals surface area contributed by atoms with Crippen LogP contribution in [0.5, 0.6) is 0 Å². The number of nitrogens with zero attached hydrogens (tertiary/aromatic N) is 1. The van der Waals surface area contributed by atoms with E-state index in [4.69, 9.17) is 4.84 Å². The average molecular weight is 387 g/mol. The van der Waals surface area contributed by atoms with Gasteiger partial charge in [-0.2, -0.15) is 0 Å². The molecule has 0 aromatic heterocycles. The molecule has 1 heterocycles. The van der Waals surface area contributed by atoms with Crippen molar-refractivity contribution in [2.75, 3.05) is 6.54 Å². The first-order valence-electron chi connectivity index (χ1n) is 9.75. The van der Waals surface area contributed by atoms with Crippen molar-refractivity contribution in [3.05, 3.63) is 35.4 Å². The van der Waals surface area contributed by atoms with Crippen LogP contribution in [-0.4, -0.2) is 41.0 Å². The van der Waals surface area contributed by atoms with E-state index in [1.165, 1.54) is 12.1 Å². The molecule has 1 aliphatic heterocycles. The van der Waals surface area contributed by atoms with E-state index in [0.29, 0.717) is 24.4 Å². The molecule has 2 aliphatic rings. The fourth-order valence-electron chi connectivity index (χ4n) is 3.60. The third-order valence-corrected chi connectivity index (χ3v) is 5.20. The highest BCUT2D eigenvalue weighted by Gasteiger charge is 2.47. The van der Waals surface area contributed by atoms with Crippen molar-refractivity contribution in [2.24, 2.45) is 0 Å². The summed E-state index contributed by atoms with van der Waals surface area (Å²) in [5, 5.41) is 5.97. The van der Waals surface area contributed by atoms with Crippen molar-refractivity contribution in [3.63, 3.8) is 0 Å². The Labute approximate surface area is 163 Å². The second-order valence-electron chi connectivity index (χ2n) is 7.21. The van der Waals surface area contributed by atoms with E-state index in [9.17, 15) is 19.2 Å². The molecule has 2 N–H and O–H groups in total. The number of hydrogen-bond donors (Lipinski definition) is 2. The number of hydrogen-bond acceptors (Lipinski definition) is 5. The van der Waals surface area contributed by atoms with E-state index in [-0.39, 0.29) is 11.1 Å². The molecule has 0 spiro atoms. The lowest BCUT2D eigenvalue weighted by molar-refractivity contribution is -0.178. The molecule has 1 fully saturated rings. The number of nitrogens with one attached hydrogen (secondary N) is 2. The minimum Gasteiger partial charge on any atom is -0.338 e. The maximum absolute atomic E-state index is 13.0. The van der Waals surface area contributed by atoms with Gasteiger partial charge in [-0.05, 0) is 31.4 Å². The fourth-order valence-corrected chi connectivity index (χ4v) is 3.60. The molecule has 0 saturated heterocycles. The second kappa shape index (κ2) is 8.41. The Hall–Kier alpha value is -2.90. The van der Waals surface area contributed by atoms with Crippen LogP contribution in [0.3, 0.4) is 0 Å². The predicted octanol–water partition coefficient (Wildman–Crippen LogP) is 2.54. The van der Waals surface area contributed by atoms with Gasteiger partial charge >= 0.3 is 12.0 Å². The monoisotopic (exact) mass is 387 g/mol. The highest BCUT2D eigenvalue weighted by atomic mass is 16.7. The Morgan fingerprint density at radius 3 is 2.25 bits per heavy atom. The third kappa shape index (κ3) is 3.85. The Balaban J connectivity index is 1.73. The van der Waals surface area contributed by atoms with Crippen molar-refractivity contribution >= 4 is 23.8 Å². The summed E-state index contributed by atoms with van der Waals surface area (Å²) in [5.41, 5.74) is -0.851. The summed E-state index contributed by atoms with van der Waals surface area (Å²) in [6.07, 6.45) is 5.00. The molecular formula is C20H25N3O5. The van der Waals surface area contributed by atoms with Gasteiger partial charge in [0, 0.05) is 6.54 Å². The molecule has 3 rings (SSSR count). The minimum atomic E-state index is -1.25. The zero-order valence-electron chi connectivity index (χ0n) is 16.0. The SMILES string of the molecule is CCCCNC(=O)NC1(C(=O)ON2C(=O)c3ccccc3C2=O)CCCCC1. The molecule has 1 aromatic carbocycles. The number of carbonyl (C=O) groups is 4. The van der Waals surface area contributed by atoms with Gasteiger partial charge in [0.05, 0.1) is 11.1 Å². The maximum Gasteiger partial charge on any atom is 0.358 e. The number of imide groups is 1. The van der Waals surface area contributed by atoms with Crippen molar-refractivity contribution in [3.8, 4) is 0 Å². The molecule has 28 heavy (non-hydrogen) atoms. The zero-order valence-corrected chi connectivity index (χ0v) is 16.0. The largest absolute Gasteiger partial charge is 0.358 e. The molecule has 1 saturated carbocycles. The van der Waals surface area contributed by atoms with Gasteiger partial charge in [-0.3, -0.25) is 9.59 Å². The molecule has 0 bridgehead atoms. The van der Waals surface area contributed by atoms with Crippen LogP contribution in [-0.2, 0) is 9.63 Å². The van der Waals surface area contributed by atoms with Crippen LogP contribution in [0.1, 0.15) is 72.6 Å². The van der Waals surface area contributed by atoms with Crippen LogP contribution in [0.4, 0.5) is 4.79 Å². The van der Waals surface area contributed by atoms with Crippen LogP contribution in [0.15, 0.2) is 24.3 Å². The number of amides is 4. The number of hydroxylamine groups is 2. The van der Waals surface area contributed by atoms with Crippen LogP contribution in [0.2, 0.25) is 0 Å². The number of fused-ring (bicyclic) bond motifs is 1. The molecule has 150 valence electrons. The molecule has 0 radical (unpaired) electrons. The molecule has 0 unspecified atom stereocenters. The maximum atomic E-state index is 13.0. The van der Waals surface area contributed by atoms with Crippen LogP contribution >= 0.6 is 0 Å². The molecule has 1 aromatic rings. The van der Waals surface area contributed by atoms with Gasteiger partial charge in [0.25, 0.3) is 11.8 Å². The summed E-state index contributed by atoms with van der Waals surface area (Å²) in [5.74, 6) is -2.13. The summed E-state index contributed by atoms with van der Waals surface area (Å²) >= 11 is 0. The minimum absolute atomic E-state index is 0.197. The van der Waals surface area contributed by atoms with Crippen LogP contribution in [0.25, 0.3) is 0 Å². The number of carbonyl (C=O) groups excluding carboxylic acids is 4. The van der Waals surface area contributed by atoms with Crippen molar-refractivity contribution in [1.29, 1.82) is 0 Å². The van der Waals surface area contributed by atoms with E-state index < -0.39 is 29.4 Å². The summed E-state index contributed by atoms with van der Waals surface area (Å²) in [4.78, 5) is 55.4. The van der Waals surface area contributed by atoms with Crippen molar-refractivity contribution in [2.45, 2.75) is 57.4 Å². The lowest BCUT2D eigenvalue weighted by atomic mass is 9.82. The normalized spacial score (nSPS) is 17.8. The molecule has 1 aliphatic carbocycles. The molecule has 8 nitrogen and oxygen atoms in total. The van der Waals surface area contributed by atoms with E-state index >= 15 is 0 Å². The van der Waals surface area contributed by atoms with Gasteiger partial charge in [-0.1, -0.05) is 49.8 Å². The predicted molar refractivity (Wildman–Crippen MR) is 100 cm³/mol. The Bertz CT molecular complexity index is 751. The van der Waals surface area contributed by atoms with Gasteiger partial charge in [0.15, 0.2) is 0 Å². The first-order chi connectivity index (χ1) is 13.5.